The molecule has 2 rings (SSSR count). The maximum atomic E-state index is 11.9. The summed E-state index contributed by atoms with van der Waals surface area (Å²) in [7, 11) is 0. The van der Waals surface area contributed by atoms with E-state index in [1.807, 2.05) is 39.0 Å². The minimum absolute atomic E-state index is 0.165. The maximum absolute atomic E-state index is 11.9. The standard InChI is InChI=1S/C17H22N2O4/c1-10(2)19-14-11(3)7-6-8-13(14)18-9-12-15(20)22-17(4,5)23-16(12)21/h6-10,18-19H,1-5H3. The number of anilines is 2. The molecule has 0 unspecified atom stereocenters. The number of hydrogen-bond acceptors (Lipinski definition) is 6. The van der Waals surface area contributed by atoms with Gasteiger partial charge in [-0.1, -0.05) is 12.1 Å². The number of ether oxygens (including phenoxy) is 2. The van der Waals surface area contributed by atoms with Crippen LogP contribution in [-0.4, -0.2) is 23.8 Å². The van der Waals surface area contributed by atoms with Gasteiger partial charge in [-0.3, -0.25) is 0 Å². The Balaban J connectivity index is 2.25. The highest BCUT2D eigenvalue weighted by Gasteiger charge is 2.38. The third-order valence-electron chi connectivity index (χ3n) is 3.19. The van der Waals surface area contributed by atoms with E-state index in [1.54, 1.807) is 0 Å². The average molecular weight is 318 g/mol. The molecular weight excluding hydrogens is 296 g/mol. The van der Waals surface area contributed by atoms with Crippen LogP contribution >= 0.6 is 0 Å². The van der Waals surface area contributed by atoms with Gasteiger partial charge in [-0.15, -0.1) is 0 Å². The van der Waals surface area contributed by atoms with Gasteiger partial charge in [-0.25, -0.2) is 9.59 Å². The van der Waals surface area contributed by atoms with E-state index in [0.717, 1.165) is 16.9 Å². The summed E-state index contributed by atoms with van der Waals surface area (Å²) in [5.41, 5.74) is 2.56. The number of benzene rings is 1. The fourth-order valence-electron chi connectivity index (χ4n) is 2.20. The van der Waals surface area contributed by atoms with E-state index in [-0.39, 0.29) is 11.6 Å². The molecule has 0 amide bonds. The molecule has 6 heteroatoms. The van der Waals surface area contributed by atoms with Gasteiger partial charge in [0.25, 0.3) is 5.79 Å². The lowest BCUT2D eigenvalue weighted by atomic mass is 10.1. The number of carbonyl (C=O) groups is 2. The van der Waals surface area contributed by atoms with Crippen LogP contribution in [0.2, 0.25) is 0 Å². The van der Waals surface area contributed by atoms with Crippen LogP contribution in [0.5, 0.6) is 0 Å². The lowest BCUT2D eigenvalue weighted by molar-refractivity contribution is -0.222. The van der Waals surface area contributed by atoms with E-state index in [9.17, 15) is 9.59 Å². The lowest BCUT2D eigenvalue weighted by Gasteiger charge is -2.29. The molecule has 0 saturated carbocycles. The molecular formula is C17H22N2O4. The van der Waals surface area contributed by atoms with Crippen LogP contribution in [-0.2, 0) is 19.1 Å². The summed E-state index contributed by atoms with van der Waals surface area (Å²) in [6.45, 7) is 9.07. The maximum Gasteiger partial charge on any atom is 0.350 e. The van der Waals surface area contributed by atoms with Gasteiger partial charge in [0.15, 0.2) is 5.57 Å². The lowest BCUT2D eigenvalue weighted by Crippen LogP contribution is -2.42. The molecule has 124 valence electrons. The second-order valence-corrected chi connectivity index (χ2v) is 6.18. The minimum atomic E-state index is -1.24. The molecule has 0 spiro atoms. The van der Waals surface area contributed by atoms with E-state index < -0.39 is 17.7 Å². The summed E-state index contributed by atoms with van der Waals surface area (Å²) in [5, 5.41) is 6.33. The zero-order chi connectivity index (χ0) is 17.2. The summed E-state index contributed by atoms with van der Waals surface area (Å²) in [6, 6.07) is 5.98. The number of esters is 2. The number of nitrogens with one attached hydrogen (secondary N) is 2. The number of aryl methyl sites for hydroxylation is 1. The summed E-state index contributed by atoms with van der Waals surface area (Å²) in [5.74, 6) is -2.64. The molecule has 23 heavy (non-hydrogen) atoms. The van der Waals surface area contributed by atoms with Crippen molar-refractivity contribution in [3.8, 4) is 0 Å². The van der Waals surface area contributed by atoms with E-state index in [2.05, 4.69) is 10.6 Å². The molecule has 1 aromatic carbocycles. The smallest absolute Gasteiger partial charge is 0.350 e. The first-order chi connectivity index (χ1) is 10.7. The van der Waals surface area contributed by atoms with Gasteiger partial charge < -0.3 is 20.1 Å². The SMILES string of the molecule is Cc1cccc(NC=C2C(=O)OC(C)(C)OC2=O)c1NC(C)C. The van der Waals surface area contributed by atoms with Gasteiger partial charge in [-0.2, -0.15) is 0 Å². The molecule has 1 heterocycles. The van der Waals surface area contributed by atoms with E-state index in [4.69, 9.17) is 9.47 Å². The summed E-state index contributed by atoms with van der Waals surface area (Å²) in [4.78, 5) is 23.8. The monoisotopic (exact) mass is 318 g/mol. The van der Waals surface area contributed by atoms with Gasteiger partial charge in [0.2, 0.25) is 0 Å². The zero-order valence-electron chi connectivity index (χ0n) is 14.0. The van der Waals surface area contributed by atoms with Crippen molar-refractivity contribution in [3.05, 3.63) is 35.5 Å². The van der Waals surface area contributed by atoms with Gasteiger partial charge in [0.1, 0.15) is 0 Å². The van der Waals surface area contributed by atoms with Crippen molar-refractivity contribution in [2.45, 2.75) is 46.4 Å². The Kier molecular flexibility index (Phi) is 4.63. The summed E-state index contributed by atoms with van der Waals surface area (Å²) < 4.78 is 10.1. The number of carbonyl (C=O) groups excluding carboxylic acids is 2. The number of cyclic esters (lactones) is 2. The Morgan fingerprint density at radius 1 is 1.13 bits per heavy atom. The Bertz CT molecular complexity index is 641. The Hall–Kier alpha value is -2.50. The summed E-state index contributed by atoms with van der Waals surface area (Å²) >= 11 is 0. The third-order valence-corrected chi connectivity index (χ3v) is 3.19. The minimum Gasteiger partial charge on any atom is -0.419 e. The van der Waals surface area contributed by atoms with Crippen molar-refractivity contribution in [2.24, 2.45) is 0 Å². The highest BCUT2D eigenvalue weighted by Crippen LogP contribution is 2.28. The molecule has 1 fully saturated rings. The van der Waals surface area contributed by atoms with Gasteiger partial charge in [-0.05, 0) is 32.4 Å². The molecule has 0 radical (unpaired) electrons. The third kappa shape index (κ3) is 4.03. The van der Waals surface area contributed by atoms with E-state index in [0.29, 0.717) is 0 Å². The van der Waals surface area contributed by atoms with Crippen LogP contribution in [0.3, 0.4) is 0 Å². The largest absolute Gasteiger partial charge is 0.419 e. The van der Waals surface area contributed by atoms with Crippen molar-refractivity contribution >= 4 is 23.3 Å². The van der Waals surface area contributed by atoms with Crippen LogP contribution in [0.15, 0.2) is 30.0 Å². The highest BCUT2D eigenvalue weighted by molar-refractivity contribution is 6.15. The fourth-order valence-corrected chi connectivity index (χ4v) is 2.20. The Morgan fingerprint density at radius 3 is 2.30 bits per heavy atom. The van der Waals surface area contributed by atoms with E-state index >= 15 is 0 Å². The predicted molar refractivity (Wildman–Crippen MR) is 87.9 cm³/mol. The molecule has 2 N–H and O–H groups in total. The first-order valence-corrected chi connectivity index (χ1v) is 7.49. The van der Waals surface area contributed by atoms with Crippen molar-refractivity contribution in [1.82, 2.24) is 0 Å². The molecule has 1 aliphatic heterocycles. The molecule has 0 aromatic heterocycles. The highest BCUT2D eigenvalue weighted by atomic mass is 16.7. The Morgan fingerprint density at radius 2 is 1.74 bits per heavy atom. The number of hydrogen-bond donors (Lipinski definition) is 2. The average Bonchev–Trinajstić information content (AvgIpc) is 2.39. The molecule has 0 atom stereocenters. The van der Waals surface area contributed by atoms with Crippen molar-refractivity contribution < 1.29 is 19.1 Å². The summed E-state index contributed by atoms with van der Waals surface area (Å²) in [6.07, 6.45) is 1.32. The quantitative estimate of drug-likeness (QED) is 0.505. The van der Waals surface area contributed by atoms with Crippen molar-refractivity contribution in [3.63, 3.8) is 0 Å². The number of rotatable bonds is 4. The first-order valence-electron chi connectivity index (χ1n) is 7.49. The zero-order valence-corrected chi connectivity index (χ0v) is 14.0. The second kappa shape index (κ2) is 6.32. The van der Waals surface area contributed by atoms with Crippen LogP contribution < -0.4 is 10.6 Å². The van der Waals surface area contributed by atoms with Crippen LogP contribution in [0.4, 0.5) is 11.4 Å². The van der Waals surface area contributed by atoms with Gasteiger partial charge in [0.05, 0.1) is 11.4 Å². The van der Waals surface area contributed by atoms with Crippen LogP contribution in [0.1, 0.15) is 33.3 Å². The first kappa shape index (κ1) is 16.9. The van der Waals surface area contributed by atoms with Crippen LogP contribution in [0, 0.1) is 6.92 Å². The molecule has 1 aliphatic rings. The molecule has 0 aliphatic carbocycles. The Labute approximate surface area is 135 Å². The second-order valence-electron chi connectivity index (χ2n) is 6.18. The normalized spacial score (nSPS) is 16.7. The van der Waals surface area contributed by atoms with E-state index in [1.165, 1.54) is 20.0 Å². The molecule has 1 aromatic rings. The fraction of sp³-hybridized carbons (Fsp3) is 0.412. The van der Waals surface area contributed by atoms with Gasteiger partial charge >= 0.3 is 11.9 Å². The van der Waals surface area contributed by atoms with Crippen molar-refractivity contribution in [2.75, 3.05) is 10.6 Å². The predicted octanol–water partition coefficient (Wildman–Crippen LogP) is 2.95. The molecule has 1 saturated heterocycles. The molecule has 6 nitrogen and oxygen atoms in total. The van der Waals surface area contributed by atoms with Gasteiger partial charge in [0, 0.05) is 26.1 Å². The van der Waals surface area contributed by atoms with Crippen molar-refractivity contribution in [1.29, 1.82) is 0 Å². The molecule has 0 bridgehead atoms. The number of para-hydroxylation sites is 1. The van der Waals surface area contributed by atoms with Crippen LogP contribution in [0.25, 0.3) is 0 Å². The topological polar surface area (TPSA) is 76.7 Å².